The summed E-state index contributed by atoms with van der Waals surface area (Å²) in [5, 5.41) is 1.24. The largest absolute Gasteiger partial charge is 0.279 e. The monoisotopic (exact) mass is 114 g/mol. The Kier molecular flexibility index (Phi) is 0.854. The number of β-lactam (4-membered cyclic amide) rings is 1. The van der Waals surface area contributed by atoms with Gasteiger partial charge in [-0.2, -0.15) is 0 Å². The van der Waals surface area contributed by atoms with Crippen LogP contribution in [-0.4, -0.2) is 17.5 Å². The van der Waals surface area contributed by atoms with Crippen molar-refractivity contribution in [1.82, 2.24) is 5.01 Å². The number of hydrogen-bond donors (Lipinski definition) is 1. The van der Waals surface area contributed by atoms with E-state index in [1.54, 1.807) is 0 Å². The third kappa shape index (κ3) is 0.512. The highest BCUT2D eigenvalue weighted by Gasteiger charge is 2.42. The van der Waals surface area contributed by atoms with E-state index in [0.717, 1.165) is 0 Å². The molecular weight excluding hydrogens is 104 g/mol. The van der Waals surface area contributed by atoms with Crippen LogP contribution in [-0.2, 0) is 4.79 Å². The van der Waals surface area contributed by atoms with Crippen LogP contribution in [0.25, 0.3) is 0 Å². The highest BCUT2D eigenvalue weighted by atomic mass is 16.2. The number of hydrazine groups is 1. The van der Waals surface area contributed by atoms with Crippen molar-refractivity contribution in [3.63, 3.8) is 0 Å². The lowest BCUT2D eigenvalue weighted by Crippen LogP contribution is -2.61. The predicted molar refractivity (Wildman–Crippen MR) is 29.7 cm³/mol. The molecule has 1 rings (SSSR count). The van der Waals surface area contributed by atoms with Gasteiger partial charge in [0.2, 0.25) is 5.91 Å². The highest BCUT2D eigenvalue weighted by Crippen LogP contribution is 2.26. The van der Waals surface area contributed by atoms with Crippen molar-refractivity contribution in [3.8, 4) is 0 Å². The van der Waals surface area contributed by atoms with Crippen LogP contribution in [0.2, 0.25) is 0 Å². The van der Waals surface area contributed by atoms with Crippen molar-refractivity contribution in [2.75, 3.05) is 6.54 Å². The van der Waals surface area contributed by atoms with Crippen molar-refractivity contribution in [2.24, 2.45) is 11.3 Å². The van der Waals surface area contributed by atoms with Crippen molar-refractivity contribution in [1.29, 1.82) is 0 Å². The molecule has 1 fully saturated rings. The Balaban J connectivity index is 2.61. The van der Waals surface area contributed by atoms with Gasteiger partial charge in [-0.05, 0) is 13.8 Å². The molecule has 3 heteroatoms. The molecule has 0 atom stereocenters. The molecule has 0 spiro atoms. The summed E-state index contributed by atoms with van der Waals surface area (Å²) in [6.45, 7) is 4.46. The zero-order valence-corrected chi connectivity index (χ0v) is 5.14. The quantitative estimate of drug-likeness (QED) is 0.267. The molecule has 0 bridgehead atoms. The standard InChI is InChI=1S/C5H10N2O/c1-5(2)3-7(6)4(5)8/h3,6H2,1-2H3. The molecule has 1 aliphatic rings. The average Bonchev–Trinajstić information content (AvgIpc) is 1.65. The first-order valence-corrected chi connectivity index (χ1v) is 2.61. The molecule has 0 aliphatic carbocycles. The smallest absolute Gasteiger partial charge is 0.244 e. The molecular formula is C5H10N2O. The summed E-state index contributed by atoms with van der Waals surface area (Å²) in [7, 11) is 0. The van der Waals surface area contributed by atoms with E-state index in [-0.39, 0.29) is 11.3 Å². The van der Waals surface area contributed by atoms with Crippen LogP contribution in [0.5, 0.6) is 0 Å². The van der Waals surface area contributed by atoms with Gasteiger partial charge in [-0.25, -0.2) is 5.84 Å². The van der Waals surface area contributed by atoms with Gasteiger partial charge < -0.3 is 0 Å². The van der Waals surface area contributed by atoms with Crippen LogP contribution >= 0.6 is 0 Å². The molecule has 1 saturated heterocycles. The third-order valence-electron chi connectivity index (χ3n) is 1.41. The highest BCUT2D eigenvalue weighted by molar-refractivity contribution is 5.87. The molecule has 0 aromatic heterocycles. The number of carbonyl (C=O) groups excluding carboxylic acids is 1. The average molecular weight is 114 g/mol. The maximum absolute atomic E-state index is 10.7. The molecule has 3 nitrogen and oxygen atoms in total. The van der Waals surface area contributed by atoms with Gasteiger partial charge in [0.1, 0.15) is 0 Å². The lowest BCUT2D eigenvalue weighted by Gasteiger charge is -2.40. The van der Waals surface area contributed by atoms with Crippen molar-refractivity contribution in [2.45, 2.75) is 13.8 Å². The number of nitrogens with two attached hydrogens (primary N) is 1. The summed E-state index contributed by atoms with van der Waals surface area (Å²) >= 11 is 0. The molecule has 8 heavy (non-hydrogen) atoms. The number of amides is 1. The Morgan fingerprint density at radius 1 is 1.75 bits per heavy atom. The van der Waals surface area contributed by atoms with Gasteiger partial charge in [0.05, 0.1) is 12.0 Å². The number of rotatable bonds is 0. The van der Waals surface area contributed by atoms with Crippen molar-refractivity contribution in [3.05, 3.63) is 0 Å². The van der Waals surface area contributed by atoms with Crippen molar-refractivity contribution >= 4 is 5.91 Å². The number of carbonyl (C=O) groups is 1. The minimum absolute atomic E-state index is 0.0394. The summed E-state index contributed by atoms with van der Waals surface area (Å²) in [6, 6.07) is 0. The lowest BCUT2D eigenvalue weighted by molar-refractivity contribution is -0.156. The molecule has 0 saturated carbocycles. The molecule has 1 aliphatic heterocycles. The molecule has 46 valence electrons. The first-order valence-electron chi connectivity index (χ1n) is 2.61. The van der Waals surface area contributed by atoms with Crippen LogP contribution in [0.15, 0.2) is 0 Å². The molecule has 0 unspecified atom stereocenters. The molecule has 0 radical (unpaired) electrons. The molecule has 1 heterocycles. The molecule has 2 N–H and O–H groups in total. The summed E-state index contributed by atoms with van der Waals surface area (Å²) in [6.07, 6.45) is 0. The molecule has 0 aromatic rings. The van der Waals surface area contributed by atoms with E-state index in [1.165, 1.54) is 5.01 Å². The van der Waals surface area contributed by atoms with E-state index in [1.807, 2.05) is 13.8 Å². The van der Waals surface area contributed by atoms with E-state index in [2.05, 4.69) is 0 Å². The SMILES string of the molecule is CC1(C)CN(N)C1=O. The maximum atomic E-state index is 10.7. The Labute approximate surface area is 48.4 Å². The van der Waals surface area contributed by atoms with Gasteiger partial charge in [0.25, 0.3) is 0 Å². The van der Waals surface area contributed by atoms with Gasteiger partial charge in [-0.3, -0.25) is 9.80 Å². The first-order chi connectivity index (χ1) is 3.54. The van der Waals surface area contributed by atoms with Crippen LogP contribution in [0, 0.1) is 5.41 Å². The Morgan fingerprint density at radius 2 is 2.25 bits per heavy atom. The summed E-state index contributed by atoms with van der Waals surface area (Å²) in [4.78, 5) is 10.7. The second kappa shape index (κ2) is 1.23. The van der Waals surface area contributed by atoms with E-state index in [9.17, 15) is 4.79 Å². The minimum atomic E-state index is -0.186. The van der Waals surface area contributed by atoms with Gasteiger partial charge in [-0.1, -0.05) is 0 Å². The topological polar surface area (TPSA) is 46.3 Å². The number of nitrogens with zero attached hydrogens (tertiary/aromatic N) is 1. The second-order valence-corrected chi connectivity index (χ2v) is 2.82. The Hall–Kier alpha value is -0.570. The number of hydrogen-bond acceptors (Lipinski definition) is 2. The van der Waals surface area contributed by atoms with E-state index < -0.39 is 0 Å². The summed E-state index contributed by atoms with van der Waals surface area (Å²) < 4.78 is 0. The second-order valence-electron chi connectivity index (χ2n) is 2.82. The molecule has 1 amide bonds. The Bertz CT molecular complexity index is 130. The molecule has 0 aromatic carbocycles. The fraction of sp³-hybridized carbons (Fsp3) is 0.800. The van der Waals surface area contributed by atoms with Crippen molar-refractivity contribution < 1.29 is 4.79 Å². The van der Waals surface area contributed by atoms with Crippen LogP contribution in [0.3, 0.4) is 0 Å². The van der Waals surface area contributed by atoms with E-state index in [0.29, 0.717) is 6.54 Å². The minimum Gasteiger partial charge on any atom is -0.279 e. The van der Waals surface area contributed by atoms with Gasteiger partial charge >= 0.3 is 0 Å². The van der Waals surface area contributed by atoms with Crippen LogP contribution < -0.4 is 5.84 Å². The van der Waals surface area contributed by atoms with Gasteiger partial charge in [-0.15, -0.1) is 0 Å². The van der Waals surface area contributed by atoms with Gasteiger partial charge in [0, 0.05) is 0 Å². The van der Waals surface area contributed by atoms with Gasteiger partial charge in [0.15, 0.2) is 0 Å². The zero-order chi connectivity index (χ0) is 6.36. The zero-order valence-electron chi connectivity index (χ0n) is 5.14. The fourth-order valence-electron chi connectivity index (χ4n) is 0.863. The lowest BCUT2D eigenvalue weighted by atomic mass is 9.85. The fourth-order valence-corrected chi connectivity index (χ4v) is 0.863. The maximum Gasteiger partial charge on any atom is 0.244 e. The third-order valence-corrected chi connectivity index (χ3v) is 1.41. The summed E-state index contributed by atoms with van der Waals surface area (Å²) in [5.41, 5.74) is -0.186. The van der Waals surface area contributed by atoms with Crippen LogP contribution in [0.1, 0.15) is 13.8 Å². The normalized spacial score (nSPS) is 25.4. The Morgan fingerprint density at radius 3 is 2.25 bits per heavy atom. The van der Waals surface area contributed by atoms with E-state index >= 15 is 0 Å². The summed E-state index contributed by atoms with van der Waals surface area (Å²) in [5.74, 6) is 5.22. The predicted octanol–water partition coefficient (Wildman–Crippen LogP) is -0.271. The first kappa shape index (κ1) is 5.56. The van der Waals surface area contributed by atoms with Crippen LogP contribution in [0.4, 0.5) is 0 Å². The van der Waals surface area contributed by atoms with E-state index in [4.69, 9.17) is 5.84 Å².